The first-order chi connectivity index (χ1) is 9.61. The van der Waals surface area contributed by atoms with E-state index in [0.717, 1.165) is 5.56 Å². The van der Waals surface area contributed by atoms with Crippen LogP contribution in [0.3, 0.4) is 0 Å². The van der Waals surface area contributed by atoms with Gasteiger partial charge in [-0.15, -0.1) is 0 Å². The Bertz CT molecular complexity index is 431. The molecule has 0 unspecified atom stereocenters. The normalized spacial score (nSPS) is 9.90. The maximum absolute atomic E-state index is 11.5. The van der Waals surface area contributed by atoms with Crippen LogP contribution in [-0.2, 0) is 14.3 Å². The highest BCUT2D eigenvalue weighted by molar-refractivity contribution is 5.78. The minimum Gasteiger partial charge on any atom is -0.484 e. The van der Waals surface area contributed by atoms with Crippen molar-refractivity contribution in [3.63, 3.8) is 0 Å². The lowest BCUT2D eigenvalue weighted by atomic mass is 10.2. The molecule has 2 amide bonds. The number of benzene rings is 1. The third kappa shape index (κ3) is 6.75. The summed E-state index contributed by atoms with van der Waals surface area (Å²) >= 11 is 0. The highest BCUT2D eigenvalue weighted by atomic mass is 16.5. The van der Waals surface area contributed by atoms with Crippen molar-refractivity contribution in [2.45, 2.75) is 6.92 Å². The summed E-state index contributed by atoms with van der Waals surface area (Å²) in [5, 5.41) is 5.24. The average molecular weight is 280 g/mol. The summed E-state index contributed by atoms with van der Waals surface area (Å²) < 4.78 is 9.98. The van der Waals surface area contributed by atoms with Gasteiger partial charge in [0.05, 0.1) is 0 Å². The molecule has 6 heteroatoms. The molecule has 1 aromatic carbocycles. The minimum absolute atomic E-state index is 0.0183. The van der Waals surface area contributed by atoms with E-state index in [2.05, 4.69) is 15.4 Å². The Morgan fingerprint density at radius 2 is 1.55 bits per heavy atom. The van der Waals surface area contributed by atoms with Gasteiger partial charge in [0.2, 0.25) is 5.91 Å². The Labute approximate surface area is 118 Å². The second kappa shape index (κ2) is 8.92. The first-order valence-electron chi connectivity index (χ1n) is 6.33. The summed E-state index contributed by atoms with van der Waals surface area (Å²) in [5.74, 6) is 0.211. The first kappa shape index (κ1) is 16.0. The second-order valence-electron chi connectivity index (χ2n) is 4.23. The van der Waals surface area contributed by atoms with Crippen LogP contribution in [0.5, 0.6) is 5.75 Å². The number of hydrogen-bond donors (Lipinski definition) is 2. The molecule has 0 aliphatic heterocycles. The van der Waals surface area contributed by atoms with Crippen molar-refractivity contribution in [2.75, 3.05) is 33.4 Å². The van der Waals surface area contributed by atoms with E-state index in [1.165, 1.54) is 7.11 Å². The summed E-state index contributed by atoms with van der Waals surface area (Å²) in [4.78, 5) is 22.5. The molecule has 1 rings (SSSR count). The Kier molecular flexibility index (Phi) is 7.13. The molecule has 1 aromatic rings. The van der Waals surface area contributed by atoms with Gasteiger partial charge in [-0.05, 0) is 19.1 Å². The molecular weight excluding hydrogens is 260 g/mol. The van der Waals surface area contributed by atoms with E-state index in [0.29, 0.717) is 18.8 Å². The van der Waals surface area contributed by atoms with Crippen molar-refractivity contribution < 1.29 is 19.1 Å². The number of carbonyl (C=O) groups excluding carboxylic acids is 2. The molecule has 0 saturated carbocycles. The summed E-state index contributed by atoms with van der Waals surface area (Å²) in [6.45, 7) is 2.66. The fourth-order valence-electron chi connectivity index (χ4n) is 1.42. The fraction of sp³-hybridized carbons (Fsp3) is 0.429. The smallest absolute Gasteiger partial charge is 0.258 e. The third-order valence-electron chi connectivity index (χ3n) is 2.44. The van der Waals surface area contributed by atoms with Crippen LogP contribution in [0.1, 0.15) is 5.56 Å². The molecule has 6 nitrogen and oxygen atoms in total. The van der Waals surface area contributed by atoms with Crippen molar-refractivity contribution in [1.82, 2.24) is 10.6 Å². The van der Waals surface area contributed by atoms with Gasteiger partial charge >= 0.3 is 0 Å². The standard InChI is InChI=1S/C14H20N2O4/c1-11-3-5-12(6-4-11)20-10-14(18)16-8-7-15-13(17)9-19-2/h3-6H,7-10H2,1-2H3,(H,15,17)(H,16,18). The van der Waals surface area contributed by atoms with E-state index in [1.807, 2.05) is 31.2 Å². The van der Waals surface area contributed by atoms with E-state index in [9.17, 15) is 9.59 Å². The van der Waals surface area contributed by atoms with E-state index < -0.39 is 0 Å². The summed E-state index contributed by atoms with van der Waals surface area (Å²) in [6.07, 6.45) is 0. The van der Waals surface area contributed by atoms with Gasteiger partial charge in [-0.25, -0.2) is 0 Å². The summed E-state index contributed by atoms with van der Waals surface area (Å²) in [5.41, 5.74) is 1.13. The van der Waals surface area contributed by atoms with Crippen molar-refractivity contribution in [2.24, 2.45) is 0 Å². The van der Waals surface area contributed by atoms with Crippen LogP contribution in [-0.4, -0.2) is 45.2 Å². The molecule has 0 aliphatic rings. The van der Waals surface area contributed by atoms with Crippen LogP contribution in [0.15, 0.2) is 24.3 Å². The first-order valence-corrected chi connectivity index (χ1v) is 6.33. The van der Waals surface area contributed by atoms with Gasteiger partial charge in [-0.3, -0.25) is 9.59 Å². The van der Waals surface area contributed by atoms with Gasteiger partial charge in [0.25, 0.3) is 5.91 Å². The Morgan fingerprint density at radius 3 is 2.10 bits per heavy atom. The molecule has 0 aromatic heterocycles. The summed E-state index contributed by atoms with van der Waals surface area (Å²) in [6, 6.07) is 7.46. The number of methoxy groups -OCH3 is 1. The lowest BCUT2D eigenvalue weighted by molar-refractivity contribution is -0.125. The van der Waals surface area contributed by atoms with Crippen molar-refractivity contribution in [3.05, 3.63) is 29.8 Å². The molecule has 0 spiro atoms. The number of amides is 2. The molecular formula is C14H20N2O4. The monoisotopic (exact) mass is 280 g/mol. The third-order valence-corrected chi connectivity index (χ3v) is 2.44. The molecule has 0 radical (unpaired) electrons. The molecule has 0 fully saturated rings. The van der Waals surface area contributed by atoms with Gasteiger partial charge in [0.15, 0.2) is 6.61 Å². The van der Waals surface area contributed by atoms with E-state index in [4.69, 9.17) is 4.74 Å². The molecule has 0 atom stereocenters. The number of aryl methyl sites for hydroxylation is 1. The predicted molar refractivity (Wildman–Crippen MR) is 74.6 cm³/mol. The molecule has 20 heavy (non-hydrogen) atoms. The quantitative estimate of drug-likeness (QED) is 0.669. The van der Waals surface area contributed by atoms with Gasteiger partial charge in [0, 0.05) is 20.2 Å². The Balaban J connectivity index is 2.11. The van der Waals surface area contributed by atoms with Crippen molar-refractivity contribution in [1.29, 1.82) is 0 Å². The Morgan fingerprint density at radius 1 is 1.00 bits per heavy atom. The number of hydrogen-bond acceptors (Lipinski definition) is 4. The van der Waals surface area contributed by atoms with E-state index in [-0.39, 0.29) is 25.0 Å². The lowest BCUT2D eigenvalue weighted by Gasteiger charge is -2.08. The minimum atomic E-state index is -0.230. The maximum Gasteiger partial charge on any atom is 0.258 e. The second-order valence-corrected chi connectivity index (χ2v) is 4.23. The van der Waals surface area contributed by atoms with Gasteiger partial charge in [-0.2, -0.15) is 0 Å². The van der Waals surface area contributed by atoms with E-state index >= 15 is 0 Å². The molecule has 0 saturated heterocycles. The van der Waals surface area contributed by atoms with Crippen LogP contribution < -0.4 is 15.4 Å². The van der Waals surface area contributed by atoms with Crippen LogP contribution >= 0.6 is 0 Å². The van der Waals surface area contributed by atoms with Crippen LogP contribution in [0.2, 0.25) is 0 Å². The highest BCUT2D eigenvalue weighted by Gasteiger charge is 2.03. The SMILES string of the molecule is COCC(=O)NCCNC(=O)COc1ccc(C)cc1. The zero-order valence-electron chi connectivity index (χ0n) is 11.8. The fourth-order valence-corrected chi connectivity index (χ4v) is 1.42. The Hall–Kier alpha value is -2.08. The molecule has 2 N–H and O–H groups in total. The average Bonchev–Trinajstić information content (AvgIpc) is 2.43. The number of ether oxygens (including phenoxy) is 2. The van der Waals surface area contributed by atoms with Crippen LogP contribution in [0.25, 0.3) is 0 Å². The highest BCUT2D eigenvalue weighted by Crippen LogP contribution is 2.10. The van der Waals surface area contributed by atoms with Crippen molar-refractivity contribution >= 4 is 11.8 Å². The summed E-state index contributed by atoms with van der Waals surface area (Å²) in [7, 11) is 1.45. The van der Waals surface area contributed by atoms with Gasteiger partial charge in [0.1, 0.15) is 12.4 Å². The maximum atomic E-state index is 11.5. The zero-order valence-corrected chi connectivity index (χ0v) is 11.8. The van der Waals surface area contributed by atoms with Gasteiger partial charge < -0.3 is 20.1 Å². The van der Waals surface area contributed by atoms with Gasteiger partial charge in [-0.1, -0.05) is 17.7 Å². The predicted octanol–water partition coefficient (Wildman–Crippen LogP) is 0.253. The number of nitrogens with one attached hydrogen (secondary N) is 2. The van der Waals surface area contributed by atoms with Crippen LogP contribution in [0.4, 0.5) is 0 Å². The van der Waals surface area contributed by atoms with E-state index in [1.54, 1.807) is 0 Å². The molecule has 0 aliphatic carbocycles. The zero-order chi connectivity index (χ0) is 14.8. The van der Waals surface area contributed by atoms with Crippen LogP contribution in [0, 0.1) is 6.92 Å². The number of rotatable bonds is 8. The largest absolute Gasteiger partial charge is 0.484 e. The van der Waals surface area contributed by atoms with Crippen molar-refractivity contribution in [3.8, 4) is 5.75 Å². The topological polar surface area (TPSA) is 76.7 Å². The molecule has 110 valence electrons. The molecule has 0 bridgehead atoms. The number of carbonyl (C=O) groups is 2. The lowest BCUT2D eigenvalue weighted by Crippen LogP contribution is -2.37. The molecule has 0 heterocycles.